The van der Waals surface area contributed by atoms with Gasteiger partial charge in [0, 0.05) is 37.8 Å². The van der Waals surface area contributed by atoms with Gasteiger partial charge >= 0.3 is 0 Å². The first kappa shape index (κ1) is 17.1. The van der Waals surface area contributed by atoms with Crippen molar-refractivity contribution in [2.24, 2.45) is 12.8 Å². The van der Waals surface area contributed by atoms with Gasteiger partial charge in [-0.25, -0.2) is 13.8 Å². The van der Waals surface area contributed by atoms with Crippen molar-refractivity contribution in [3.05, 3.63) is 52.6 Å². The van der Waals surface area contributed by atoms with Crippen LogP contribution in [0.1, 0.15) is 35.3 Å². The minimum absolute atomic E-state index is 0.0672. The van der Waals surface area contributed by atoms with Crippen molar-refractivity contribution in [3.63, 3.8) is 0 Å². The van der Waals surface area contributed by atoms with Gasteiger partial charge in [0.25, 0.3) is 0 Å². The fourth-order valence-electron chi connectivity index (χ4n) is 3.86. The smallest absolute Gasteiger partial charge is 0.213 e. The number of fused-ring (bicyclic) bond motifs is 1. The molecule has 0 radical (unpaired) electrons. The van der Waals surface area contributed by atoms with Gasteiger partial charge in [-0.05, 0) is 24.6 Å². The molecule has 2 unspecified atom stereocenters. The predicted octanol–water partition coefficient (Wildman–Crippen LogP) is 1.74. The van der Waals surface area contributed by atoms with Crippen LogP contribution in [-0.4, -0.2) is 33.1 Å². The van der Waals surface area contributed by atoms with Gasteiger partial charge in [-0.3, -0.25) is 4.90 Å². The maximum absolute atomic E-state index is 14.0. The molecule has 6 nitrogen and oxygen atoms in total. The lowest BCUT2D eigenvalue weighted by molar-refractivity contribution is -0.0535. The Hall–Kier alpha value is -2.34. The number of nitrogens with two attached hydrogens (primary N) is 1. The summed E-state index contributed by atoms with van der Waals surface area (Å²) < 4.78 is 35.1. The van der Waals surface area contributed by atoms with Gasteiger partial charge in [0.05, 0.1) is 18.0 Å². The molecule has 0 saturated carbocycles. The van der Waals surface area contributed by atoms with Crippen LogP contribution in [0.2, 0.25) is 0 Å². The summed E-state index contributed by atoms with van der Waals surface area (Å²) in [6, 6.07) is 5.05. The van der Waals surface area contributed by atoms with E-state index in [1.807, 2.05) is 11.6 Å². The Bertz CT molecular complexity index is 890. The summed E-state index contributed by atoms with van der Waals surface area (Å²) in [5, 5.41) is 9.06. The molecule has 2 N–H and O–H groups in total. The van der Waals surface area contributed by atoms with Crippen LogP contribution in [0, 0.1) is 23.0 Å². The number of imidazole rings is 1. The van der Waals surface area contributed by atoms with Crippen LogP contribution in [0.15, 0.2) is 18.2 Å². The third-order valence-electron chi connectivity index (χ3n) is 5.28. The number of aromatic nitrogens is 2. The Morgan fingerprint density at radius 2 is 2.15 bits per heavy atom. The summed E-state index contributed by atoms with van der Waals surface area (Å²) in [7, 11) is 1.83. The second kappa shape index (κ2) is 6.43. The first-order valence-electron chi connectivity index (χ1n) is 8.48. The molecule has 0 amide bonds. The van der Waals surface area contributed by atoms with E-state index in [0.29, 0.717) is 31.9 Å². The third-order valence-corrected chi connectivity index (χ3v) is 5.28. The van der Waals surface area contributed by atoms with Crippen LogP contribution < -0.4 is 5.73 Å². The van der Waals surface area contributed by atoms with E-state index < -0.39 is 23.8 Å². The van der Waals surface area contributed by atoms with E-state index in [1.54, 1.807) is 0 Å². The fraction of sp³-hybridized carbons (Fsp3) is 0.444. The highest BCUT2D eigenvalue weighted by atomic mass is 19.1. The third kappa shape index (κ3) is 2.78. The predicted molar refractivity (Wildman–Crippen MR) is 88.6 cm³/mol. The maximum Gasteiger partial charge on any atom is 0.213 e. The molecule has 2 aromatic rings. The van der Waals surface area contributed by atoms with Crippen LogP contribution in [0.25, 0.3) is 0 Å². The van der Waals surface area contributed by atoms with Crippen molar-refractivity contribution in [2.45, 2.75) is 37.7 Å². The Balaban J connectivity index is 1.46. The zero-order valence-corrected chi connectivity index (χ0v) is 14.3. The molecule has 3 heterocycles. The molecule has 2 aliphatic rings. The second-order valence-electron chi connectivity index (χ2n) is 6.88. The van der Waals surface area contributed by atoms with E-state index in [0.717, 1.165) is 29.6 Å². The zero-order valence-electron chi connectivity index (χ0n) is 14.3. The topological polar surface area (TPSA) is 80.1 Å². The average Bonchev–Trinajstić information content (AvgIpc) is 3.16. The molecule has 0 spiro atoms. The number of hydrogen-bond acceptors (Lipinski definition) is 5. The number of benzene rings is 1. The Morgan fingerprint density at radius 3 is 2.85 bits per heavy atom. The summed E-state index contributed by atoms with van der Waals surface area (Å²) in [6.45, 7) is 1.68. The summed E-state index contributed by atoms with van der Waals surface area (Å²) >= 11 is 0. The van der Waals surface area contributed by atoms with Gasteiger partial charge < -0.3 is 15.0 Å². The molecule has 2 aliphatic heterocycles. The number of ether oxygens (including phenoxy) is 1. The van der Waals surface area contributed by atoms with Crippen molar-refractivity contribution < 1.29 is 13.5 Å². The largest absolute Gasteiger partial charge is 0.370 e. The average molecular weight is 359 g/mol. The van der Waals surface area contributed by atoms with Crippen LogP contribution in [0.5, 0.6) is 0 Å². The lowest BCUT2D eigenvalue weighted by Crippen LogP contribution is -2.47. The minimum Gasteiger partial charge on any atom is -0.370 e. The van der Waals surface area contributed by atoms with Crippen molar-refractivity contribution in [1.29, 1.82) is 5.26 Å². The van der Waals surface area contributed by atoms with Gasteiger partial charge in [0.1, 0.15) is 23.8 Å². The number of nitrogens with zero attached hydrogens (tertiary/aromatic N) is 4. The molecular weight excluding hydrogens is 340 g/mol. The Morgan fingerprint density at radius 1 is 1.35 bits per heavy atom. The first-order chi connectivity index (χ1) is 12.5. The highest BCUT2D eigenvalue weighted by Crippen LogP contribution is 2.34. The lowest BCUT2D eigenvalue weighted by Gasteiger charge is -2.38. The van der Waals surface area contributed by atoms with Crippen molar-refractivity contribution in [2.75, 3.05) is 6.61 Å². The minimum atomic E-state index is -0.657. The molecule has 3 atom stereocenters. The Labute approximate surface area is 149 Å². The number of halogens is 2. The number of hydrogen-bond donors (Lipinski definition) is 1. The van der Waals surface area contributed by atoms with Gasteiger partial charge in [-0.2, -0.15) is 5.26 Å². The Kier molecular flexibility index (Phi) is 4.23. The second-order valence-corrected chi connectivity index (χ2v) is 6.88. The molecule has 136 valence electrons. The van der Waals surface area contributed by atoms with Crippen molar-refractivity contribution >= 4 is 0 Å². The van der Waals surface area contributed by atoms with Gasteiger partial charge in [-0.1, -0.05) is 0 Å². The molecule has 8 heteroatoms. The first-order valence-corrected chi connectivity index (χ1v) is 8.48. The molecule has 1 fully saturated rings. The van der Waals surface area contributed by atoms with Crippen molar-refractivity contribution in [3.8, 4) is 6.07 Å². The van der Waals surface area contributed by atoms with Gasteiger partial charge in [0.2, 0.25) is 5.82 Å². The van der Waals surface area contributed by atoms with E-state index in [4.69, 9.17) is 15.7 Å². The molecule has 1 saturated heterocycles. The zero-order chi connectivity index (χ0) is 18.4. The molecule has 26 heavy (non-hydrogen) atoms. The lowest BCUT2D eigenvalue weighted by atomic mass is 9.93. The summed E-state index contributed by atoms with van der Waals surface area (Å²) in [5.74, 6) is -0.603. The quantitative estimate of drug-likeness (QED) is 0.884. The van der Waals surface area contributed by atoms with Crippen molar-refractivity contribution in [1.82, 2.24) is 14.5 Å². The van der Waals surface area contributed by atoms with Crippen LogP contribution in [0.3, 0.4) is 0 Å². The molecule has 1 aromatic carbocycles. The SMILES string of the molecule is Cn1c(C#N)nc2c1CN(C1CO[C@H](c3cc(F)ccc3F)C(N)C1)C2. The highest BCUT2D eigenvalue weighted by molar-refractivity contribution is 5.27. The summed E-state index contributed by atoms with van der Waals surface area (Å²) in [6.07, 6.45) is -0.0464. The standard InChI is InChI=1S/C18H19F2N5O/c1-24-16-8-25(7-15(16)23-17(24)6-21)11-5-14(22)18(26-9-11)12-4-10(19)2-3-13(12)20/h2-4,11,14,18H,5,7-9,22H2,1H3/t11?,14?,18-/m1/s1. The van der Waals surface area contributed by atoms with E-state index in [9.17, 15) is 8.78 Å². The number of nitriles is 1. The summed E-state index contributed by atoms with van der Waals surface area (Å²) in [5.41, 5.74) is 8.33. The van der Waals surface area contributed by atoms with E-state index in [1.165, 1.54) is 0 Å². The van der Waals surface area contributed by atoms with Crippen LogP contribution in [-0.2, 0) is 24.9 Å². The molecular formula is C18H19F2N5O. The molecule has 1 aromatic heterocycles. The van der Waals surface area contributed by atoms with E-state index in [2.05, 4.69) is 16.0 Å². The summed E-state index contributed by atoms with van der Waals surface area (Å²) in [4.78, 5) is 6.56. The van der Waals surface area contributed by atoms with Gasteiger partial charge in [0.15, 0.2) is 0 Å². The molecule has 0 aliphatic carbocycles. The number of rotatable bonds is 2. The monoisotopic (exact) mass is 359 g/mol. The maximum atomic E-state index is 14.0. The normalized spacial score (nSPS) is 25.9. The van der Waals surface area contributed by atoms with E-state index >= 15 is 0 Å². The highest BCUT2D eigenvalue weighted by Gasteiger charge is 2.37. The van der Waals surface area contributed by atoms with Gasteiger partial charge in [-0.15, -0.1) is 0 Å². The van der Waals surface area contributed by atoms with Crippen LogP contribution >= 0.6 is 0 Å². The molecule has 4 rings (SSSR count). The molecule has 0 bridgehead atoms. The fourth-order valence-corrected chi connectivity index (χ4v) is 3.86. The van der Waals surface area contributed by atoms with Crippen LogP contribution in [0.4, 0.5) is 8.78 Å². The van der Waals surface area contributed by atoms with E-state index in [-0.39, 0.29) is 11.6 Å².